The van der Waals surface area contributed by atoms with Gasteiger partial charge in [0.15, 0.2) is 0 Å². The van der Waals surface area contributed by atoms with Crippen LogP contribution in [0.4, 0.5) is 15.8 Å². The molecule has 3 rings (SSSR count). The lowest BCUT2D eigenvalue weighted by molar-refractivity contribution is -0.127. The van der Waals surface area contributed by atoms with Gasteiger partial charge in [0.05, 0.1) is 26.7 Å². The number of amides is 1. The number of halogens is 2. The molecule has 0 unspecified atom stereocenters. The third-order valence-corrected chi connectivity index (χ3v) is 6.33. The summed E-state index contributed by atoms with van der Waals surface area (Å²) < 4.78 is 47.1. The molecule has 6 nitrogen and oxygen atoms in total. The van der Waals surface area contributed by atoms with Gasteiger partial charge in [-0.25, -0.2) is 12.8 Å². The first kappa shape index (κ1) is 22.4. The Balaban J connectivity index is 2.00. The Morgan fingerprint density at radius 2 is 1.93 bits per heavy atom. The SMILES string of the molecule is CC(C)CN1C(=O)C(C)(C)COc2ccc(NS(=O)(=O)c3ccc(F)c(Cl)c3)cc21. The molecule has 0 saturated carbocycles. The standard InChI is InChI=1S/C21H24ClFN2O4S/c1-13(2)11-25-18-9-14(5-8-19(18)29-12-21(3,4)20(25)26)24-30(27,28)15-6-7-17(23)16(22)10-15/h5-10,13,24H,11-12H2,1-4H3. The number of hydrogen-bond donors (Lipinski definition) is 1. The summed E-state index contributed by atoms with van der Waals surface area (Å²) in [5.74, 6) is -0.108. The number of carbonyl (C=O) groups is 1. The molecule has 1 aliphatic rings. The molecule has 0 aromatic heterocycles. The van der Waals surface area contributed by atoms with Crippen molar-refractivity contribution in [2.24, 2.45) is 11.3 Å². The summed E-state index contributed by atoms with van der Waals surface area (Å²) in [4.78, 5) is 14.6. The fourth-order valence-corrected chi connectivity index (χ4v) is 4.43. The molecular formula is C21H24ClFN2O4S. The lowest BCUT2D eigenvalue weighted by Crippen LogP contribution is -2.43. The molecule has 2 aromatic carbocycles. The normalized spacial score (nSPS) is 16.1. The van der Waals surface area contributed by atoms with Crippen LogP contribution in [0.15, 0.2) is 41.3 Å². The van der Waals surface area contributed by atoms with Crippen molar-refractivity contribution >= 4 is 38.9 Å². The van der Waals surface area contributed by atoms with Gasteiger partial charge in [0.1, 0.15) is 18.2 Å². The first-order chi connectivity index (χ1) is 13.9. The van der Waals surface area contributed by atoms with Crippen molar-refractivity contribution in [3.05, 3.63) is 47.2 Å². The van der Waals surface area contributed by atoms with Crippen LogP contribution in [0.3, 0.4) is 0 Å². The second-order valence-electron chi connectivity index (χ2n) is 8.35. The van der Waals surface area contributed by atoms with Crippen LogP contribution in [0.1, 0.15) is 27.7 Å². The van der Waals surface area contributed by atoms with Crippen molar-refractivity contribution in [1.29, 1.82) is 0 Å². The summed E-state index contributed by atoms with van der Waals surface area (Å²) in [6.07, 6.45) is 0. The lowest BCUT2D eigenvalue weighted by atomic mass is 9.92. The minimum absolute atomic E-state index is 0.0970. The van der Waals surface area contributed by atoms with Crippen LogP contribution < -0.4 is 14.4 Å². The molecule has 1 heterocycles. The molecule has 1 N–H and O–H groups in total. The number of anilines is 2. The topological polar surface area (TPSA) is 75.7 Å². The molecule has 0 fully saturated rings. The van der Waals surface area contributed by atoms with E-state index in [0.29, 0.717) is 18.0 Å². The van der Waals surface area contributed by atoms with E-state index < -0.39 is 21.3 Å². The van der Waals surface area contributed by atoms with Gasteiger partial charge in [-0.1, -0.05) is 25.4 Å². The van der Waals surface area contributed by atoms with Gasteiger partial charge in [0.25, 0.3) is 10.0 Å². The number of rotatable bonds is 5. The summed E-state index contributed by atoms with van der Waals surface area (Å²) >= 11 is 5.72. The van der Waals surface area contributed by atoms with Gasteiger partial charge in [0.2, 0.25) is 5.91 Å². The number of benzene rings is 2. The fraction of sp³-hybridized carbons (Fsp3) is 0.381. The third kappa shape index (κ3) is 4.54. The second-order valence-corrected chi connectivity index (χ2v) is 10.4. The zero-order valence-electron chi connectivity index (χ0n) is 17.2. The number of fused-ring (bicyclic) bond motifs is 1. The van der Waals surface area contributed by atoms with Crippen LogP contribution in [-0.2, 0) is 14.8 Å². The Bertz CT molecular complexity index is 1090. The summed E-state index contributed by atoms with van der Waals surface area (Å²) in [6.45, 7) is 8.30. The molecule has 0 bridgehead atoms. The largest absolute Gasteiger partial charge is 0.490 e. The van der Waals surface area contributed by atoms with E-state index >= 15 is 0 Å². The lowest BCUT2D eigenvalue weighted by Gasteiger charge is -2.29. The first-order valence-electron chi connectivity index (χ1n) is 9.47. The zero-order valence-corrected chi connectivity index (χ0v) is 18.8. The van der Waals surface area contributed by atoms with E-state index in [0.717, 1.165) is 18.2 Å². The molecule has 0 aliphatic carbocycles. The van der Waals surface area contributed by atoms with E-state index in [1.165, 1.54) is 0 Å². The first-order valence-corrected chi connectivity index (χ1v) is 11.3. The molecule has 0 saturated heterocycles. The van der Waals surface area contributed by atoms with Crippen molar-refractivity contribution < 1.29 is 22.3 Å². The Hall–Kier alpha value is -2.32. The highest BCUT2D eigenvalue weighted by molar-refractivity contribution is 7.92. The van der Waals surface area contributed by atoms with Crippen LogP contribution >= 0.6 is 11.6 Å². The predicted molar refractivity (Wildman–Crippen MR) is 115 cm³/mol. The molecule has 1 amide bonds. The van der Waals surface area contributed by atoms with Gasteiger partial charge < -0.3 is 9.64 Å². The third-order valence-electron chi connectivity index (χ3n) is 4.66. The number of nitrogens with zero attached hydrogens (tertiary/aromatic N) is 1. The molecule has 9 heteroatoms. The summed E-state index contributed by atoms with van der Waals surface area (Å²) in [5, 5.41) is -0.288. The van der Waals surface area contributed by atoms with Crippen LogP contribution in [0.2, 0.25) is 5.02 Å². The van der Waals surface area contributed by atoms with E-state index in [1.807, 2.05) is 27.7 Å². The highest BCUT2D eigenvalue weighted by atomic mass is 35.5. The number of ether oxygens (including phenoxy) is 1. The zero-order chi connectivity index (χ0) is 22.3. The maximum absolute atomic E-state index is 13.4. The molecular weight excluding hydrogens is 431 g/mol. The number of carbonyl (C=O) groups excluding carboxylic acids is 1. The van der Waals surface area contributed by atoms with Gasteiger partial charge in [-0.05, 0) is 56.2 Å². The van der Waals surface area contributed by atoms with E-state index in [9.17, 15) is 17.6 Å². The smallest absolute Gasteiger partial charge is 0.261 e. The monoisotopic (exact) mass is 454 g/mol. The van der Waals surface area contributed by atoms with E-state index in [2.05, 4.69) is 4.72 Å². The van der Waals surface area contributed by atoms with E-state index in [1.54, 1.807) is 23.1 Å². The fourth-order valence-electron chi connectivity index (χ4n) is 3.11. The Morgan fingerprint density at radius 1 is 1.23 bits per heavy atom. The Labute approximate surface area is 181 Å². The average Bonchev–Trinajstić information content (AvgIpc) is 2.74. The molecule has 1 aliphatic heterocycles. The Morgan fingerprint density at radius 3 is 2.57 bits per heavy atom. The van der Waals surface area contributed by atoms with Gasteiger partial charge in [-0.15, -0.1) is 0 Å². The van der Waals surface area contributed by atoms with Gasteiger partial charge in [-0.3, -0.25) is 9.52 Å². The second kappa shape index (κ2) is 8.07. The van der Waals surface area contributed by atoms with Crippen LogP contribution in [0, 0.1) is 17.2 Å². The molecule has 162 valence electrons. The van der Waals surface area contributed by atoms with Crippen molar-refractivity contribution in [3.63, 3.8) is 0 Å². The molecule has 0 radical (unpaired) electrons. The number of nitrogens with one attached hydrogen (secondary N) is 1. The average molecular weight is 455 g/mol. The van der Waals surface area contributed by atoms with Gasteiger partial charge >= 0.3 is 0 Å². The highest BCUT2D eigenvalue weighted by Crippen LogP contribution is 2.39. The van der Waals surface area contributed by atoms with Crippen molar-refractivity contribution in [3.8, 4) is 5.75 Å². The minimum atomic E-state index is -4.01. The molecule has 0 spiro atoms. The van der Waals surface area contributed by atoms with Crippen LogP contribution in [0.5, 0.6) is 5.75 Å². The van der Waals surface area contributed by atoms with Gasteiger partial charge in [-0.2, -0.15) is 0 Å². The van der Waals surface area contributed by atoms with Crippen LogP contribution in [0.25, 0.3) is 0 Å². The van der Waals surface area contributed by atoms with Crippen molar-refractivity contribution in [2.75, 3.05) is 22.8 Å². The quantitative estimate of drug-likeness (QED) is 0.711. The van der Waals surface area contributed by atoms with Crippen molar-refractivity contribution in [2.45, 2.75) is 32.6 Å². The molecule has 0 atom stereocenters. The molecule has 2 aromatic rings. The van der Waals surface area contributed by atoms with Crippen LogP contribution in [-0.4, -0.2) is 27.5 Å². The van der Waals surface area contributed by atoms with Crippen molar-refractivity contribution in [1.82, 2.24) is 0 Å². The maximum atomic E-state index is 13.4. The molecule has 30 heavy (non-hydrogen) atoms. The number of sulfonamides is 1. The van der Waals surface area contributed by atoms with E-state index in [4.69, 9.17) is 16.3 Å². The van der Waals surface area contributed by atoms with Gasteiger partial charge in [0, 0.05) is 6.54 Å². The highest BCUT2D eigenvalue weighted by Gasteiger charge is 2.38. The summed E-state index contributed by atoms with van der Waals surface area (Å²) in [6, 6.07) is 7.92. The maximum Gasteiger partial charge on any atom is 0.261 e. The Kier molecular flexibility index (Phi) is 6.02. The predicted octanol–water partition coefficient (Wildman–Crippen LogP) is 4.69. The summed E-state index contributed by atoms with van der Waals surface area (Å²) in [5.41, 5.74) is 0.0222. The van der Waals surface area contributed by atoms with E-state index in [-0.39, 0.29) is 34.0 Å². The summed E-state index contributed by atoms with van der Waals surface area (Å²) in [7, 11) is -4.01. The number of hydrogen-bond acceptors (Lipinski definition) is 4. The minimum Gasteiger partial charge on any atom is -0.490 e.